The Hall–Kier alpha value is -2.45. The van der Waals surface area contributed by atoms with Gasteiger partial charge in [0.2, 0.25) is 0 Å². The molecule has 1 saturated carbocycles. The number of hydrazine groups is 1. The number of halogens is 3. The van der Waals surface area contributed by atoms with E-state index in [9.17, 15) is 26.8 Å². The van der Waals surface area contributed by atoms with Gasteiger partial charge >= 0.3 is 18.0 Å². The molecule has 2 amide bonds. The SMILES string of the molecule is [C-]#[N+]C1(N(COCC[Si](C)(C)C)S(=O)(=O)c2cc(Br)c3c(c2)c(C(=O)NNC(=O)C(F)F)nn3C)CC1. The third-order valence-electron chi connectivity index (χ3n) is 5.74. The number of fused-ring (bicyclic) bond motifs is 1. The first-order valence-corrected chi connectivity index (χ1v) is 17.1. The molecule has 0 radical (unpaired) electrons. The second-order valence-corrected chi connectivity index (χ2v) is 18.2. The number of hydrogen-bond acceptors (Lipinski definition) is 6. The Morgan fingerprint density at radius 1 is 1.32 bits per heavy atom. The van der Waals surface area contributed by atoms with E-state index in [1.54, 1.807) is 5.43 Å². The maximum absolute atomic E-state index is 13.8. The van der Waals surface area contributed by atoms with Gasteiger partial charge in [-0.3, -0.25) is 30.0 Å². The molecule has 0 atom stereocenters. The number of nitrogens with zero attached hydrogens (tertiary/aromatic N) is 4. The van der Waals surface area contributed by atoms with Crippen molar-refractivity contribution in [1.82, 2.24) is 24.9 Å². The van der Waals surface area contributed by atoms with E-state index in [1.807, 2.05) is 5.43 Å². The maximum atomic E-state index is 13.8. The predicted molar refractivity (Wildman–Crippen MR) is 137 cm³/mol. The molecular formula is C21H27BrF2N6O5SSi. The summed E-state index contributed by atoms with van der Waals surface area (Å²) in [5.74, 6) is -2.73. The number of ether oxygens (including phenoxy) is 1. The van der Waals surface area contributed by atoms with Gasteiger partial charge in [-0.25, -0.2) is 15.0 Å². The smallest absolute Gasteiger partial charge is 0.317 e. The third-order valence-corrected chi connectivity index (χ3v) is 9.91. The van der Waals surface area contributed by atoms with Crippen LogP contribution < -0.4 is 10.9 Å². The second kappa shape index (κ2) is 10.7. The largest absolute Gasteiger partial charge is 0.365 e. The van der Waals surface area contributed by atoms with Gasteiger partial charge in [0.05, 0.1) is 23.3 Å². The van der Waals surface area contributed by atoms with Crippen molar-refractivity contribution in [3.8, 4) is 0 Å². The van der Waals surface area contributed by atoms with Crippen molar-refractivity contribution in [1.29, 1.82) is 0 Å². The Labute approximate surface area is 222 Å². The fraction of sp³-hybridized carbons (Fsp3) is 0.524. The van der Waals surface area contributed by atoms with Crippen LogP contribution in [-0.4, -0.2) is 67.8 Å². The van der Waals surface area contributed by atoms with Crippen LogP contribution in [0.1, 0.15) is 23.3 Å². The second-order valence-electron chi connectivity index (χ2n) is 9.81. The number of rotatable bonds is 10. The molecule has 2 aromatic rings. The number of sulfonamides is 1. The highest BCUT2D eigenvalue weighted by Crippen LogP contribution is 2.46. The maximum Gasteiger partial charge on any atom is 0.317 e. The van der Waals surface area contributed by atoms with Gasteiger partial charge in [0.1, 0.15) is 6.73 Å². The molecule has 11 nitrogen and oxygen atoms in total. The molecular weight excluding hydrogens is 594 g/mol. The highest BCUT2D eigenvalue weighted by atomic mass is 79.9. The molecule has 0 unspecified atom stereocenters. The number of aromatic nitrogens is 2. The Bertz CT molecular complexity index is 1370. The zero-order valence-corrected chi connectivity index (χ0v) is 24.0. The van der Waals surface area contributed by atoms with Gasteiger partial charge in [-0.05, 0) is 34.1 Å². The average Bonchev–Trinajstić information content (AvgIpc) is 3.52. The van der Waals surface area contributed by atoms with Crippen molar-refractivity contribution >= 4 is 56.7 Å². The van der Waals surface area contributed by atoms with Crippen LogP contribution in [0.5, 0.6) is 0 Å². The number of nitrogens with one attached hydrogen (secondary N) is 2. The van der Waals surface area contributed by atoms with Gasteiger partial charge in [0.15, 0.2) is 5.69 Å². The number of aryl methyl sites for hydroxylation is 1. The summed E-state index contributed by atoms with van der Waals surface area (Å²) in [6.07, 6.45) is -2.62. The fourth-order valence-corrected chi connectivity index (χ4v) is 6.78. The number of benzene rings is 1. The van der Waals surface area contributed by atoms with Crippen LogP contribution in [-0.2, 0) is 26.6 Å². The Morgan fingerprint density at radius 2 is 1.97 bits per heavy atom. The van der Waals surface area contributed by atoms with E-state index < -0.39 is 42.0 Å². The van der Waals surface area contributed by atoms with Gasteiger partial charge in [-0.1, -0.05) is 23.9 Å². The van der Waals surface area contributed by atoms with Crippen LogP contribution in [0.2, 0.25) is 25.7 Å². The van der Waals surface area contributed by atoms with E-state index in [0.717, 1.165) is 10.3 Å². The predicted octanol–water partition coefficient (Wildman–Crippen LogP) is 3.07. The Kier molecular flexibility index (Phi) is 8.44. The summed E-state index contributed by atoms with van der Waals surface area (Å²) in [4.78, 5) is 27.1. The van der Waals surface area contributed by atoms with E-state index >= 15 is 0 Å². The molecule has 0 bridgehead atoms. The average molecular weight is 622 g/mol. The highest BCUT2D eigenvalue weighted by molar-refractivity contribution is 9.10. The van der Waals surface area contributed by atoms with Crippen LogP contribution in [0.4, 0.5) is 8.78 Å². The van der Waals surface area contributed by atoms with Gasteiger partial charge in [0, 0.05) is 31.6 Å². The van der Waals surface area contributed by atoms with E-state index in [1.165, 1.54) is 23.9 Å². The molecule has 1 fully saturated rings. The van der Waals surface area contributed by atoms with E-state index in [4.69, 9.17) is 11.3 Å². The first-order valence-electron chi connectivity index (χ1n) is 11.2. The summed E-state index contributed by atoms with van der Waals surface area (Å²) in [7, 11) is -4.19. The van der Waals surface area contributed by atoms with E-state index in [-0.39, 0.29) is 22.7 Å². The molecule has 1 aliphatic rings. The number of alkyl halides is 2. The number of hydrogen-bond donors (Lipinski definition) is 2. The zero-order valence-electron chi connectivity index (χ0n) is 20.6. The summed E-state index contributed by atoms with van der Waals surface area (Å²) >= 11 is 3.32. The summed E-state index contributed by atoms with van der Waals surface area (Å²) in [5.41, 5.74) is 2.25. The van der Waals surface area contributed by atoms with Crippen LogP contribution in [0.3, 0.4) is 0 Å². The molecule has 37 heavy (non-hydrogen) atoms. The summed E-state index contributed by atoms with van der Waals surface area (Å²) in [6.45, 7) is 14.2. The number of amides is 2. The van der Waals surface area contributed by atoms with Crippen LogP contribution in [0.15, 0.2) is 21.5 Å². The minimum Gasteiger partial charge on any atom is -0.365 e. The van der Waals surface area contributed by atoms with Crippen molar-refractivity contribution in [2.75, 3.05) is 13.3 Å². The van der Waals surface area contributed by atoms with Crippen molar-refractivity contribution in [2.24, 2.45) is 7.05 Å². The van der Waals surface area contributed by atoms with Gasteiger partial charge in [0.25, 0.3) is 15.9 Å². The first-order chi connectivity index (χ1) is 17.1. The first kappa shape index (κ1) is 29.1. The lowest BCUT2D eigenvalue weighted by Crippen LogP contribution is -2.44. The summed E-state index contributed by atoms with van der Waals surface area (Å²) in [6, 6.07) is 3.38. The van der Waals surface area contributed by atoms with E-state index in [2.05, 4.69) is 45.5 Å². The molecule has 0 saturated heterocycles. The molecule has 3 rings (SSSR count). The van der Waals surface area contributed by atoms with Gasteiger partial charge < -0.3 is 4.74 Å². The summed E-state index contributed by atoms with van der Waals surface area (Å²) < 4.78 is 60.8. The number of carbonyl (C=O) groups is 2. The molecule has 1 heterocycles. The molecule has 1 aliphatic carbocycles. The molecule has 0 aliphatic heterocycles. The van der Waals surface area contributed by atoms with Crippen molar-refractivity contribution < 1.29 is 31.5 Å². The molecule has 1 aromatic carbocycles. The highest BCUT2D eigenvalue weighted by Gasteiger charge is 2.61. The Balaban J connectivity index is 1.98. The minimum absolute atomic E-state index is 0.0894. The quantitative estimate of drug-likeness (QED) is 0.138. The molecule has 16 heteroatoms. The minimum atomic E-state index is -4.27. The zero-order chi connectivity index (χ0) is 27.8. The van der Waals surface area contributed by atoms with Crippen LogP contribution in [0, 0.1) is 6.57 Å². The Morgan fingerprint density at radius 3 is 2.51 bits per heavy atom. The van der Waals surface area contributed by atoms with Gasteiger partial charge in [-0.15, -0.1) is 0 Å². The lowest BCUT2D eigenvalue weighted by Gasteiger charge is -2.24. The molecule has 202 valence electrons. The standard InChI is InChI=1S/C21H27BrF2N6O5SSi/c1-25-21(6-7-21)30(12-35-8-9-37(3,4)5)36(33,34)13-10-14-16(19(31)26-27-20(32)18(23)24)28-29(2)17(14)15(22)11-13/h10-11,18H,6-9,12H2,2-5H3,(H,26,31)(H,27,32). The van der Waals surface area contributed by atoms with E-state index in [0.29, 0.717) is 29.4 Å². The monoisotopic (exact) mass is 620 g/mol. The normalized spacial score (nSPS) is 15.1. The van der Waals surface area contributed by atoms with Crippen LogP contribution >= 0.6 is 15.9 Å². The molecule has 1 aromatic heterocycles. The fourth-order valence-electron chi connectivity index (χ4n) is 3.48. The lowest BCUT2D eigenvalue weighted by atomic mass is 10.2. The van der Waals surface area contributed by atoms with Crippen molar-refractivity contribution in [3.05, 3.63) is 33.7 Å². The van der Waals surface area contributed by atoms with Crippen molar-refractivity contribution in [3.63, 3.8) is 0 Å². The van der Waals surface area contributed by atoms with Crippen LogP contribution in [0.25, 0.3) is 15.7 Å². The van der Waals surface area contributed by atoms with Gasteiger partial charge in [-0.2, -0.15) is 13.9 Å². The van der Waals surface area contributed by atoms with Crippen molar-refractivity contribution in [2.45, 2.75) is 55.5 Å². The number of carbonyl (C=O) groups excluding carboxylic acids is 2. The third kappa shape index (κ3) is 6.34. The molecule has 0 spiro atoms. The molecule has 2 N–H and O–H groups in total. The topological polar surface area (TPSA) is 127 Å². The lowest BCUT2D eigenvalue weighted by molar-refractivity contribution is -0.132. The summed E-state index contributed by atoms with van der Waals surface area (Å²) in [5, 5.41) is 4.15.